The zero-order valence-electron chi connectivity index (χ0n) is 10.8. The second kappa shape index (κ2) is 6.74. The normalized spacial score (nSPS) is 12.0. The predicted molar refractivity (Wildman–Crippen MR) is 67.0 cm³/mol. The summed E-state index contributed by atoms with van der Waals surface area (Å²) in [6.07, 6.45) is 3.61. The molecule has 98 valence electrons. The number of hydrogen-bond acceptors (Lipinski definition) is 4. The number of aromatic nitrogens is 1. The van der Waals surface area contributed by atoms with E-state index in [0.717, 1.165) is 0 Å². The van der Waals surface area contributed by atoms with E-state index in [-0.39, 0.29) is 11.8 Å². The summed E-state index contributed by atoms with van der Waals surface area (Å²) >= 11 is 0. The maximum atomic E-state index is 11.9. The van der Waals surface area contributed by atoms with Gasteiger partial charge >= 0.3 is 5.97 Å². The van der Waals surface area contributed by atoms with Gasteiger partial charge in [-0.3, -0.25) is 9.78 Å². The molecule has 1 atom stereocenters. The molecular formula is C13H18N2O3. The van der Waals surface area contributed by atoms with Gasteiger partial charge in [0.2, 0.25) is 0 Å². The van der Waals surface area contributed by atoms with Crippen LogP contribution in [0, 0.1) is 5.92 Å². The number of amides is 1. The Bertz CT molecular complexity index is 404. The van der Waals surface area contributed by atoms with Crippen LogP contribution in [0.25, 0.3) is 0 Å². The highest BCUT2D eigenvalue weighted by Gasteiger charge is 2.22. The molecule has 5 heteroatoms. The van der Waals surface area contributed by atoms with Crippen molar-refractivity contribution in [3.05, 3.63) is 30.1 Å². The first-order valence-electron chi connectivity index (χ1n) is 5.83. The number of methoxy groups -OCH3 is 1. The van der Waals surface area contributed by atoms with Crippen LogP contribution in [-0.4, -0.2) is 30.0 Å². The van der Waals surface area contributed by atoms with Crippen molar-refractivity contribution >= 4 is 11.9 Å². The van der Waals surface area contributed by atoms with Gasteiger partial charge in [-0.15, -0.1) is 0 Å². The minimum absolute atomic E-state index is 0.284. The molecular weight excluding hydrogens is 232 g/mol. The zero-order chi connectivity index (χ0) is 13.5. The van der Waals surface area contributed by atoms with Crippen molar-refractivity contribution in [2.24, 2.45) is 5.92 Å². The average molecular weight is 250 g/mol. The van der Waals surface area contributed by atoms with Crippen LogP contribution in [-0.2, 0) is 9.53 Å². The molecule has 0 bridgehead atoms. The van der Waals surface area contributed by atoms with Gasteiger partial charge in [-0.2, -0.15) is 0 Å². The molecule has 0 radical (unpaired) electrons. The number of esters is 1. The summed E-state index contributed by atoms with van der Waals surface area (Å²) in [7, 11) is 1.31. The number of pyridine rings is 1. The van der Waals surface area contributed by atoms with Crippen LogP contribution in [0.2, 0.25) is 0 Å². The highest BCUT2D eigenvalue weighted by molar-refractivity contribution is 5.96. The fraction of sp³-hybridized carbons (Fsp3) is 0.462. The molecule has 0 aliphatic carbocycles. The van der Waals surface area contributed by atoms with E-state index in [9.17, 15) is 9.59 Å². The van der Waals surface area contributed by atoms with Crippen LogP contribution in [0.15, 0.2) is 24.5 Å². The minimum Gasteiger partial charge on any atom is -0.467 e. The van der Waals surface area contributed by atoms with Crippen LogP contribution in [0.5, 0.6) is 0 Å². The second-order valence-electron chi connectivity index (χ2n) is 4.41. The summed E-state index contributed by atoms with van der Waals surface area (Å²) < 4.78 is 4.68. The molecule has 0 unspecified atom stereocenters. The Labute approximate surface area is 107 Å². The summed E-state index contributed by atoms with van der Waals surface area (Å²) in [6.45, 7) is 3.96. The molecule has 1 N–H and O–H groups in total. The quantitative estimate of drug-likeness (QED) is 0.802. The molecule has 0 aliphatic heterocycles. The Kier molecular flexibility index (Phi) is 5.30. The van der Waals surface area contributed by atoms with Gasteiger partial charge in [0.1, 0.15) is 6.04 Å². The highest BCUT2D eigenvalue weighted by Crippen LogP contribution is 2.07. The average Bonchev–Trinajstić information content (AvgIpc) is 2.37. The molecule has 0 aromatic carbocycles. The molecule has 1 aromatic rings. The van der Waals surface area contributed by atoms with Gasteiger partial charge in [0, 0.05) is 18.0 Å². The number of carbonyl (C=O) groups is 2. The maximum Gasteiger partial charge on any atom is 0.328 e. The number of carbonyl (C=O) groups excluding carboxylic acids is 2. The Morgan fingerprint density at radius 3 is 2.44 bits per heavy atom. The van der Waals surface area contributed by atoms with E-state index in [1.165, 1.54) is 19.5 Å². The number of nitrogens with one attached hydrogen (secondary N) is 1. The molecule has 0 aliphatic rings. The van der Waals surface area contributed by atoms with Crippen LogP contribution >= 0.6 is 0 Å². The summed E-state index contributed by atoms with van der Waals surface area (Å²) in [5, 5.41) is 2.67. The fourth-order valence-electron chi connectivity index (χ4n) is 1.57. The van der Waals surface area contributed by atoms with E-state index in [0.29, 0.717) is 12.0 Å². The van der Waals surface area contributed by atoms with Gasteiger partial charge in [-0.25, -0.2) is 4.79 Å². The number of nitrogens with zero attached hydrogens (tertiary/aromatic N) is 1. The molecule has 1 heterocycles. The molecule has 0 saturated carbocycles. The van der Waals surface area contributed by atoms with Gasteiger partial charge in [-0.05, 0) is 24.5 Å². The number of ether oxygens (including phenoxy) is 1. The SMILES string of the molecule is COC(=O)[C@H](CC(C)C)NC(=O)c1ccncc1. The van der Waals surface area contributed by atoms with Crippen molar-refractivity contribution in [2.45, 2.75) is 26.3 Å². The van der Waals surface area contributed by atoms with Crippen molar-refractivity contribution < 1.29 is 14.3 Å². The lowest BCUT2D eigenvalue weighted by molar-refractivity contribution is -0.143. The molecule has 0 fully saturated rings. The maximum absolute atomic E-state index is 11.9. The van der Waals surface area contributed by atoms with Crippen LogP contribution in [0.3, 0.4) is 0 Å². The highest BCUT2D eigenvalue weighted by atomic mass is 16.5. The monoisotopic (exact) mass is 250 g/mol. The molecule has 0 spiro atoms. The first kappa shape index (κ1) is 14.2. The standard InChI is InChI=1S/C13H18N2O3/c1-9(2)8-11(13(17)18-3)15-12(16)10-4-6-14-7-5-10/h4-7,9,11H,8H2,1-3H3,(H,15,16)/t11-/m0/s1. The van der Waals surface area contributed by atoms with Crippen LogP contribution in [0.4, 0.5) is 0 Å². The Balaban J connectivity index is 2.71. The van der Waals surface area contributed by atoms with Crippen molar-refractivity contribution in [1.82, 2.24) is 10.3 Å². The van der Waals surface area contributed by atoms with E-state index in [2.05, 4.69) is 15.0 Å². The Morgan fingerprint density at radius 2 is 1.94 bits per heavy atom. The van der Waals surface area contributed by atoms with Crippen molar-refractivity contribution in [3.8, 4) is 0 Å². The molecule has 0 saturated heterocycles. The third kappa shape index (κ3) is 4.16. The van der Waals surface area contributed by atoms with E-state index in [1.54, 1.807) is 12.1 Å². The topological polar surface area (TPSA) is 68.3 Å². The largest absolute Gasteiger partial charge is 0.467 e. The molecule has 1 rings (SSSR count). The second-order valence-corrected chi connectivity index (χ2v) is 4.41. The summed E-state index contributed by atoms with van der Waals surface area (Å²) in [4.78, 5) is 27.3. The van der Waals surface area contributed by atoms with Gasteiger partial charge in [0.25, 0.3) is 5.91 Å². The first-order valence-corrected chi connectivity index (χ1v) is 5.83. The summed E-state index contributed by atoms with van der Waals surface area (Å²) in [6, 6.07) is 2.58. The zero-order valence-corrected chi connectivity index (χ0v) is 10.8. The van der Waals surface area contributed by atoms with Crippen molar-refractivity contribution in [3.63, 3.8) is 0 Å². The van der Waals surface area contributed by atoms with E-state index >= 15 is 0 Å². The predicted octanol–water partition coefficient (Wildman–Crippen LogP) is 1.40. The van der Waals surface area contributed by atoms with Gasteiger partial charge in [0.15, 0.2) is 0 Å². The van der Waals surface area contributed by atoms with Crippen molar-refractivity contribution in [2.75, 3.05) is 7.11 Å². The van der Waals surface area contributed by atoms with Crippen LogP contribution in [0.1, 0.15) is 30.6 Å². The lowest BCUT2D eigenvalue weighted by Crippen LogP contribution is -2.42. The number of rotatable bonds is 5. The smallest absolute Gasteiger partial charge is 0.328 e. The number of hydrogen-bond donors (Lipinski definition) is 1. The third-order valence-electron chi connectivity index (χ3n) is 2.44. The third-order valence-corrected chi connectivity index (χ3v) is 2.44. The first-order chi connectivity index (χ1) is 8.54. The lowest BCUT2D eigenvalue weighted by atomic mass is 10.0. The van der Waals surface area contributed by atoms with Gasteiger partial charge < -0.3 is 10.1 Å². The summed E-state index contributed by atoms with van der Waals surface area (Å²) in [5.74, 6) is -0.439. The molecule has 1 aromatic heterocycles. The van der Waals surface area contributed by atoms with E-state index in [4.69, 9.17) is 0 Å². The Hall–Kier alpha value is -1.91. The van der Waals surface area contributed by atoms with Crippen molar-refractivity contribution in [1.29, 1.82) is 0 Å². The summed E-state index contributed by atoms with van der Waals surface area (Å²) in [5.41, 5.74) is 0.475. The molecule has 18 heavy (non-hydrogen) atoms. The van der Waals surface area contributed by atoms with E-state index < -0.39 is 12.0 Å². The van der Waals surface area contributed by atoms with Gasteiger partial charge in [0.05, 0.1) is 7.11 Å². The lowest BCUT2D eigenvalue weighted by Gasteiger charge is -2.18. The van der Waals surface area contributed by atoms with Gasteiger partial charge in [-0.1, -0.05) is 13.8 Å². The molecule has 1 amide bonds. The Morgan fingerprint density at radius 1 is 1.33 bits per heavy atom. The minimum atomic E-state index is -0.615. The van der Waals surface area contributed by atoms with Crippen LogP contribution < -0.4 is 5.32 Å². The molecule has 5 nitrogen and oxygen atoms in total. The fourth-order valence-corrected chi connectivity index (χ4v) is 1.57. The van der Waals surface area contributed by atoms with E-state index in [1.807, 2.05) is 13.8 Å².